The van der Waals surface area contributed by atoms with Gasteiger partial charge in [0.15, 0.2) is 17.3 Å². The highest BCUT2D eigenvalue weighted by Crippen LogP contribution is 2.31. The van der Waals surface area contributed by atoms with E-state index in [9.17, 15) is 9.59 Å². The number of hydrogen-bond donors (Lipinski definition) is 2. The Kier molecular flexibility index (Phi) is 8.30. The number of nitrogens with zero attached hydrogens (tertiary/aromatic N) is 3. The number of carbonyl (C=O) groups is 1. The number of aryl methyl sites for hydroxylation is 1. The van der Waals surface area contributed by atoms with Crippen LogP contribution in [0, 0.1) is 0 Å². The third-order valence-corrected chi connectivity index (χ3v) is 4.74. The molecule has 2 N–H and O–H groups in total. The summed E-state index contributed by atoms with van der Waals surface area (Å²) < 4.78 is 11.1. The Balaban J connectivity index is 1.61. The van der Waals surface area contributed by atoms with E-state index in [2.05, 4.69) is 32.4 Å². The van der Waals surface area contributed by atoms with Crippen LogP contribution in [0.5, 0.6) is 11.5 Å². The summed E-state index contributed by atoms with van der Waals surface area (Å²) in [6.07, 6.45) is 3.97. The maximum absolute atomic E-state index is 12.4. The number of benzene rings is 1. The molecule has 0 saturated heterocycles. The van der Waals surface area contributed by atoms with E-state index in [4.69, 9.17) is 9.47 Å². The third-order valence-electron chi connectivity index (χ3n) is 4.74. The van der Waals surface area contributed by atoms with Gasteiger partial charge in [-0.1, -0.05) is 19.4 Å². The molecule has 0 bridgehead atoms. The van der Waals surface area contributed by atoms with Gasteiger partial charge in [-0.2, -0.15) is 0 Å². The average Bonchev–Trinajstić information content (AvgIpc) is 2.83. The Morgan fingerprint density at radius 3 is 2.75 bits per heavy atom. The predicted octanol–water partition coefficient (Wildman–Crippen LogP) is 2.66. The lowest BCUT2D eigenvalue weighted by Gasteiger charge is -2.11. The Morgan fingerprint density at radius 2 is 2.03 bits per heavy atom. The number of unbranched alkanes of at least 4 members (excludes halogenated alkanes) is 1. The van der Waals surface area contributed by atoms with Gasteiger partial charge in [-0.25, -0.2) is 0 Å². The smallest absolute Gasteiger partial charge is 0.273 e. The van der Waals surface area contributed by atoms with Crippen molar-refractivity contribution in [2.45, 2.75) is 39.2 Å². The summed E-state index contributed by atoms with van der Waals surface area (Å²) in [7, 11) is 1.56. The summed E-state index contributed by atoms with van der Waals surface area (Å²) in [6.45, 7) is 3.03. The van der Waals surface area contributed by atoms with Crippen molar-refractivity contribution < 1.29 is 14.3 Å². The average molecular weight is 438 g/mol. The molecule has 0 fully saturated rings. The Hall–Kier alpha value is -3.75. The molecule has 0 spiro atoms. The van der Waals surface area contributed by atoms with Crippen molar-refractivity contribution in [1.82, 2.24) is 25.5 Å². The highest BCUT2D eigenvalue weighted by Gasteiger charge is 2.12. The molecule has 9 nitrogen and oxygen atoms in total. The lowest BCUT2D eigenvalue weighted by atomic mass is 10.2. The molecule has 3 rings (SSSR count). The number of amides is 1. The lowest BCUT2D eigenvalue weighted by Crippen LogP contribution is -2.25. The summed E-state index contributed by atoms with van der Waals surface area (Å²) in [6, 6.07) is 10.8. The first-order valence-corrected chi connectivity index (χ1v) is 10.5. The van der Waals surface area contributed by atoms with E-state index in [-0.39, 0.29) is 30.0 Å². The van der Waals surface area contributed by atoms with Gasteiger partial charge in [0, 0.05) is 24.6 Å². The molecule has 0 radical (unpaired) electrons. The molecule has 2 aromatic heterocycles. The van der Waals surface area contributed by atoms with Crippen molar-refractivity contribution in [3.05, 3.63) is 64.3 Å². The standard InChI is InChI=1S/C23H27N5O4/c1-3-4-13-32-19-10-8-16(14-20(19)31-2)22-26-23(30)18(27-28-22)9-11-21(29)25-15-17-7-5-6-12-24-17/h5-8,10,12,14H,3-4,9,11,13,15H2,1-2H3,(H,25,29)(H,26,28,30). The molecule has 9 heteroatoms. The Bertz CT molecular complexity index is 1090. The van der Waals surface area contributed by atoms with Crippen molar-refractivity contribution in [1.29, 1.82) is 0 Å². The minimum absolute atomic E-state index is 0.127. The van der Waals surface area contributed by atoms with Gasteiger partial charge < -0.3 is 19.8 Å². The van der Waals surface area contributed by atoms with Gasteiger partial charge in [0.05, 0.1) is 26.0 Å². The van der Waals surface area contributed by atoms with Crippen LogP contribution < -0.4 is 20.3 Å². The summed E-state index contributed by atoms with van der Waals surface area (Å²) in [5, 5.41) is 10.9. The molecular weight excluding hydrogens is 410 g/mol. The molecule has 0 atom stereocenters. The molecule has 0 aliphatic heterocycles. The first-order chi connectivity index (χ1) is 15.6. The fourth-order valence-electron chi connectivity index (χ4n) is 2.93. The van der Waals surface area contributed by atoms with Gasteiger partial charge in [0.2, 0.25) is 5.91 Å². The van der Waals surface area contributed by atoms with Crippen molar-refractivity contribution in [2.24, 2.45) is 0 Å². The largest absolute Gasteiger partial charge is 0.493 e. The van der Waals surface area contributed by atoms with Gasteiger partial charge >= 0.3 is 0 Å². The zero-order valence-electron chi connectivity index (χ0n) is 18.3. The van der Waals surface area contributed by atoms with Crippen LogP contribution in [0.2, 0.25) is 0 Å². The van der Waals surface area contributed by atoms with E-state index in [1.165, 1.54) is 0 Å². The molecule has 0 saturated carbocycles. The van der Waals surface area contributed by atoms with E-state index < -0.39 is 0 Å². The Morgan fingerprint density at radius 1 is 1.16 bits per heavy atom. The number of rotatable bonds is 11. The van der Waals surface area contributed by atoms with Gasteiger partial charge in [-0.3, -0.25) is 14.6 Å². The topological polar surface area (TPSA) is 119 Å². The maximum Gasteiger partial charge on any atom is 0.273 e. The van der Waals surface area contributed by atoms with E-state index in [1.807, 2.05) is 18.2 Å². The molecule has 1 aromatic carbocycles. The quantitative estimate of drug-likeness (QED) is 0.443. The van der Waals surface area contributed by atoms with Gasteiger partial charge in [-0.15, -0.1) is 10.2 Å². The van der Waals surface area contributed by atoms with Crippen molar-refractivity contribution in [2.75, 3.05) is 13.7 Å². The van der Waals surface area contributed by atoms with E-state index in [0.29, 0.717) is 36.0 Å². The van der Waals surface area contributed by atoms with Crippen LogP contribution in [0.15, 0.2) is 47.4 Å². The number of carbonyl (C=O) groups excluding carboxylic acids is 1. The number of aromatic amines is 1. The lowest BCUT2D eigenvalue weighted by molar-refractivity contribution is -0.121. The number of H-pyrrole nitrogens is 1. The SMILES string of the molecule is CCCCOc1ccc(-c2nnc(CCC(=O)NCc3ccccn3)c(=O)[nH]2)cc1OC. The van der Waals surface area contributed by atoms with Crippen molar-refractivity contribution in [3.8, 4) is 22.9 Å². The van der Waals surface area contributed by atoms with E-state index in [0.717, 1.165) is 18.5 Å². The minimum atomic E-state index is -0.380. The van der Waals surface area contributed by atoms with Crippen LogP contribution in [-0.2, 0) is 17.8 Å². The third kappa shape index (κ3) is 6.37. The summed E-state index contributed by atoms with van der Waals surface area (Å²) >= 11 is 0. The fraction of sp³-hybridized carbons (Fsp3) is 0.348. The monoisotopic (exact) mass is 437 g/mol. The second kappa shape index (κ2) is 11.6. The number of nitrogens with one attached hydrogen (secondary N) is 2. The zero-order valence-corrected chi connectivity index (χ0v) is 18.3. The number of aromatic nitrogens is 4. The van der Waals surface area contributed by atoms with Crippen LogP contribution in [0.25, 0.3) is 11.4 Å². The van der Waals surface area contributed by atoms with Gasteiger partial charge in [0.25, 0.3) is 5.56 Å². The van der Waals surface area contributed by atoms with Crippen molar-refractivity contribution >= 4 is 5.91 Å². The highest BCUT2D eigenvalue weighted by atomic mass is 16.5. The van der Waals surface area contributed by atoms with Crippen LogP contribution in [0.3, 0.4) is 0 Å². The molecule has 1 amide bonds. The molecule has 0 unspecified atom stereocenters. The number of pyridine rings is 1. The number of methoxy groups -OCH3 is 1. The fourth-order valence-corrected chi connectivity index (χ4v) is 2.93. The van der Waals surface area contributed by atoms with Crippen molar-refractivity contribution in [3.63, 3.8) is 0 Å². The second-order valence-electron chi connectivity index (χ2n) is 7.11. The molecule has 2 heterocycles. The first kappa shape index (κ1) is 22.9. The van der Waals surface area contributed by atoms with Gasteiger partial charge in [0.1, 0.15) is 5.69 Å². The first-order valence-electron chi connectivity index (χ1n) is 10.5. The van der Waals surface area contributed by atoms with Crippen LogP contribution in [0.4, 0.5) is 0 Å². The second-order valence-corrected chi connectivity index (χ2v) is 7.11. The highest BCUT2D eigenvalue weighted by molar-refractivity contribution is 5.76. The normalized spacial score (nSPS) is 10.6. The Labute approximate surface area is 186 Å². The maximum atomic E-state index is 12.4. The summed E-state index contributed by atoms with van der Waals surface area (Å²) in [5.41, 5.74) is 1.23. The number of ether oxygens (including phenoxy) is 2. The van der Waals surface area contributed by atoms with E-state index in [1.54, 1.807) is 31.5 Å². The molecule has 0 aliphatic carbocycles. The minimum Gasteiger partial charge on any atom is -0.493 e. The van der Waals surface area contributed by atoms with Crippen LogP contribution in [-0.4, -0.2) is 39.8 Å². The summed E-state index contributed by atoms with van der Waals surface area (Å²) in [4.78, 5) is 31.4. The molecule has 0 aliphatic rings. The summed E-state index contributed by atoms with van der Waals surface area (Å²) in [5.74, 6) is 1.31. The molecule has 168 valence electrons. The number of hydrogen-bond acceptors (Lipinski definition) is 7. The van der Waals surface area contributed by atoms with Crippen LogP contribution >= 0.6 is 0 Å². The van der Waals surface area contributed by atoms with Gasteiger partial charge in [-0.05, 0) is 36.8 Å². The molecule has 3 aromatic rings. The van der Waals surface area contributed by atoms with Crippen LogP contribution in [0.1, 0.15) is 37.6 Å². The molecule has 32 heavy (non-hydrogen) atoms. The predicted molar refractivity (Wildman–Crippen MR) is 119 cm³/mol. The molecular formula is C23H27N5O4. The zero-order chi connectivity index (χ0) is 22.8. The van der Waals surface area contributed by atoms with E-state index >= 15 is 0 Å².